The lowest BCUT2D eigenvalue weighted by Gasteiger charge is -2.35. The minimum Gasteiger partial charge on any atom is -0.339 e. The molecule has 1 fully saturated rings. The molecule has 0 aliphatic carbocycles. The number of carbonyl (C=O) groups excluding carboxylic acids is 1. The summed E-state index contributed by atoms with van der Waals surface area (Å²) >= 11 is 0. The van der Waals surface area contributed by atoms with Crippen LogP contribution in [0.2, 0.25) is 0 Å². The van der Waals surface area contributed by atoms with E-state index in [1.54, 1.807) is 19.1 Å². The highest BCUT2D eigenvalue weighted by molar-refractivity contribution is 5.76. The van der Waals surface area contributed by atoms with Gasteiger partial charge in [-0.1, -0.05) is 17.3 Å². The minimum atomic E-state index is -0.308. The molecule has 7 heteroatoms. The Bertz CT molecular complexity index is 746. The highest BCUT2D eigenvalue weighted by Gasteiger charge is 2.25. The highest BCUT2D eigenvalue weighted by atomic mass is 19.1. The summed E-state index contributed by atoms with van der Waals surface area (Å²) in [5.74, 6) is 0.470. The quantitative estimate of drug-likeness (QED) is 0.899. The Morgan fingerprint density at radius 1 is 1.44 bits per heavy atom. The molecule has 0 radical (unpaired) electrons. The predicted octanol–water partition coefficient (Wildman–Crippen LogP) is 2.46. The average molecular weight is 346 g/mol. The van der Waals surface area contributed by atoms with Crippen LogP contribution < -0.4 is 5.73 Å². The lowest BCUT2D eigenvalue weighted by molar-refractivity contribution is -0.134. The summed E-state index contributed by atoms with van der Waals surface area (Å²) in [7, 11) is 0. The zero-order valence-electron chi connectivity index (χ0n) is 14.4. The molecule has 2 heterocycles. The minimum absolute atomic E-state index is 0.0660. The lowest BCUT2D eigenvalue weighted by Crippen LogP contribution is -2.47. The molecule has 6 nitrogen and oxygen atoms in total. The topological polar surface area (TPSA) is 85.2 Å². The number of nitrogens with zero attached hydrogens (tertiary/aromatic N) is 3. The number of hydrogen-bond acceptors (Lipinski definition) is 5. The van der Waals surface area contributed by atoms with Crippen molar-refractivity contribution >= 4 is 5.91 Å². The van der Waals surface area contributed by atoms with Crippen LogP contribution in [-0.4, -0.2) is 40.1 Å². The second kappa shape index (κ2) is 7.74. The number of rotatable bonds is 5. The second-order valence-corrected chi connectivity index (χ2v) is 6.45. The third-order valence-electron chi connectivity index (χ3n) is 4.67. The van der Waals surface area contributed by atoms with Gasteiger partial charge < -0.3 is 15.2 Å². The van der Waals surface area contributed by atoms with Gasteiger partial charge in [0.15, 0.2) is 0 Å². The van der Waals surface area contributed by atoms with Crippen LogP contribution in [0.15, 0.2) is 22.7 Å². The van der Waals surface area contributed by atoms with E-state index in [9.17, 15) is 9.18 Å². The standard InChI is InChI=1S/C18H23FN4O2/c1-12-5-6-13(10-15(12)19)18-21-16(25-22-18)7-8-17(24)23-9-3-2-4-14(23)11-20/h5-6,10,14H,2-4,7-9,11,20H2,1H3. The molecule has 25 heavy (non-hydrogen) atoms. The molecule has 1 saturated heterocycles. The molecule has 1 amide bonds. The van der Waals surface area contributed by atoms with Crippen molar-refractivity contribution < 1.29 is 13.7 Å². The molecule has 1 aliphatic rings. The lowest BCUT2D eigenvalue weighted by atomic mass is 10.0. The summed E-state index contributed by atoms with van der Waals surface area (Å²) in [6.45, 7) is 2.95. The fourth-order valence-electron chi connectivity index (χ4n) is 3.14. The van der Waals surface area contributed by atoms with Gasteiger partial charge in [0.2, 0.25) is 17.6 Å². The predicted molar refractivity (Wildman–Crippen MR) is 91.2 cm³/mol. The summed E-state index contributed by atoms with van der Waals surface area (Å²) in [5.41, 5.74) is 6.89. The van der Waals surface area contributed by atoms with Crippen molar-refractivity contribution in [3.63, 3.8) is 0 Å². The highest BCUT2D eigenvalue weighted by Crippen LogP contribution is 2.20. The molecule has 0 saturated carbocycles. The molecule has 2 N–H and O–H groups in total. The maximum atomic E-state index is 13.7. The zero-order chi connectivity index (χ0) is 17.8. The summed E-state index contributed by atoms with van der Waals surface area (Å²) in [5, 5.41) is 3.88. The van der Waals surface area contributed by atoms with Crippen LogP contribution in [0.1, 0.15) is 37.1 Å². The molecule has 1 unspecified atom stereocenters. The number of aromatic nitrogens is 2. The number of amides is 1. The van der Waals surface area contributed by atoms with Crippen LogP contribution in [0.25, 0.3) is 11.4 Å². The van der Waals surface area contributed by atoms with E-state index >= 15 is 0 Å². The van der Waals surface area contributed by atoms with Gasteiger partial charge in [-0.25, -0.2) is 4.39 Å². The molecule has 1 atom stereocenters. The average Bonchev–Trinajstić information content (AvgIpc) is 3.11. The van der Waals surface area contributed by atoms with E-state index in [0.717, 1.165) is 25.8 Å². The summed E-state index contributed by atoms with van der Waals surface area (Å²) in [6.07, 6.45) is 3.78. The van der Waals surface area contributed by atoms with Crippen LogP contribution >= 0.6 is 0 Å². The largest absolute Gasteiger partial charge is 0.339 e. The van der Waals surface area contributed by atoms with Gasteiger partial charge in [0, 0.05) is 37.5 Å². The molecule has 3 rings (SSSR count). The maximum absolute atomic E-state index is 13.7. The smallest absolute Gasteiger partial charge is 0.227 e. The number of benzene rings is 1. The van der Waals surface area contributed by atoms with E-state index in [4.69, 9.17) is 10.3 Å². The Hall–Kier alpha value is -2.28. The second-order valence-electron chi connectivity index (χ2n) is 6.45. The van der Waals surface area contributed by atoms with Crippen molar-refractivity contribution in [3.8, 4) is 11.4 Å². The number of likely N-dealkylation sites (tertiary alicyclic amines) is 1. The van der Waals surface area contributed by atoms with E-state index in [1.807, 2.05) is 4.90 Å². The Morgan fingerprint density at radius 2 is 2.28 bits per heavy atom. The summed E-state index contributed by atoms with van der Waals surface area (Å²) < 4.78 is 18.9. The van der Waals surface area contributed by atoms with Crippen molar-refractivity contribution in [2.45, 2.75) is 45.1 Å². The molecule has 1 aromatic carbocycles. The van der Waals surface area contributed by atoms with Gasteiger partial charge >= 0.3 is 0 Å². The van der Waals surface area contributed by atoms with Crippen LogP contribution in [0.4, 0.5) is 4.39 Å². The summed E-state index contributed by atoms with van der Waals surface area (Å²) in [6, 6.07) is 4.94. The number of piperidine rings is 1. The Labute approximate surface area is 146 Å². The molecule has 1 aromatic heterocycles. The number of carbonyl (C=O) groups is 1. The Kier molecular flexibility index (Phi) is 5.43. The molecular formula is C18H23FN4O2. The monoisotopic (exact) mass is 346 g/mol. The van der Waals surface area contributed by atoms with E-state index in [1.165, 1.54) is 6.07 Å². The van der Waals surface area contributed by atoms with E-state index in [0.29, 0.717) is 42.2 Å². The first-order valence-electron chi connectivity index (χ1n) is 8.67. The van der Waals surface area contributed by atoms with Crippen molar-refractivity contribution in [3.05, 3.63) is 35.5 Å². The molecular weight excluding hydrogens is 323 g/mol. The van der Waals surface area contributed by atoms with E-state index in [-0.39, 0.29) is 17.8 Å². The normalized spacial score (nSPS) is 17.7. The number of halogens is 1. The van der Waals surface area contributed by atoms with E-state index in [2.05, 4.69) is 10.1 Å². The number of nitrogens with two attached hydrogens (primary N) is 1. The van der Waals surface area contributed by atoms with Crippen LogP contribution in [-0.2, 0) is 11.2 Å². The van der Waals surface area contributed by atoms with Gasteiger partial charge in [0.25, 0.3) is 0 Å². The molecule has 1 aliphatic heterocycles. The molecule has 2 aromatic rings. The van der Waals surface area contributed by atoms with Crippen molar-refractivity contribution in [2.75, 3.05) is 13.1 Å². The third kappa shape index (κ3) is 4.04. The Morgan fingerprint density at radius 3 is 3.04 bits per heavy atom. The Balaban J connectivity index is 1.61. The van der Waals surface area contributed by atoms with Gasteiger partial charge in [0.05, 0.1) is 0 Å². The van der Waals surface area contributed by atoms with Gasteiger partial charge in [-0.2, -0.15) is 4.98 Å². The first-order chi connectivity index (χ1) is 12.1. The van der Waals surface area contributed by atoms with E-state index < -0.39 is 0 Å². The van der Waals surface area contributed by atoms with Gasteiger partial charge in [-0.3, -0.25) is 4.79 Å². The van der Waals surface area contributed by atoms with Crippen molar-refractivity contribution in [1.29, 1.82) is 0 Å². The van der Waals surface area contributed by atoms with Crippen molar-refractivity contribution in [1.82, 2.24) is 15.0 Å². The van der Waals surface area contributed by atoms with Crippen molar-refractivity contribution in [2.24, 2.45) is 5.73 Å². The number of hydrogen-bond donors (Lipinski definition) is 1. The summed E-state index contributed by atoms with van der Waals surface area (Å²) in [4.78, 5) is 18.6. The first kappa shape index (κ1) is 17.5. The van der Waals surface area contributed by atoms with Crippen LogP contribution in [0.5, 0.6) is 0 Å². The molecule has 0 bridgehead atoms. The first-order valence-corrected chi connectivity index (χ1v) is 8.67. The van der Waals surface area contributed by atoms with Gasteiger partial charge in [-0.05, 0) is 37.8 Å². The van der Waals surface area contributed by atoms with Gasteiger partial charge in [0.1, 0.15) is 5.82 Å². The number of aryl methyl sites for hydroxylation is 2. The SMILES string of the molecule is Cc1ccc(-c2noc(CCC(=O)N3CCCCC3CN)n2)cc1F. The van der Waals surface area contributed by atoms with Gasteiger partial charge in [-0.15, -0.1) is 0 Å². The maximum Gasteiger partial charge on any atom is 0.227 e. The van der Waals surface area contributed by atoms with Crippen LogP contribution in [0, 0.1) is 12.7 Å². The fraction of sp³-hybridized carbons (Fsp3) is 0.500. The molecule has 134 valence electrons. The van der Waals surface area contributed by atoms with Crippen LogP contribution in [0.3, 0.4) is 0 Å². The molecule has 0 spiro atoms. The zero-order valence-corrected chi connectivity index (χ0v) is 14.4. The fourth-order valence-corrected chi connectivity index (χ4v) is 3.14. The third-order valence-corrected chi connectivity index (χ3v) is 4.67.